The molecular weight excluding hydrogens is 270 g/mol. The van der Waals surface area contributed by atoms with E-state index in [2.05, 4.69) is 0 Å². The van der Waals surface area contributed by atoms with Gasteiger partial charge in [0.15, 0.2) is 12.0 Å². The third kappa shape index (κ3) is 2.71. The van der Waals surface area contributed by atoms with Gasteiger partial charge in [-0.15, -0.1) is 0 Å². The molecule has 2 aromatic rings. The van der Waals surface area contributed by atoms with Gasteiger partial charge in [-0.3, -0.25) is 14.9 Å². The van der Waals surface area contributed by atoms with E-state index >= 15 is 0 Å². The van der Waals surface area contributed by atoms with Crippen molar-refractivity contribution in [2.24, 2.45) is 0 Å². The smallest absolute Gasteiger partial charge is 0.311 e. The van der Waals surface area contributed by atoms with E-state index in [1.165, 1.54) is 24.3 Å². The number of hydrogen-bond acceptors (Lipinski definition) is 4. The van der Waals surface area contributed by atoms with Crippen LogP contribution in [0.3, 0.4) is 0 Å². The van der Waals surface area contributed by atoms with Gasteiger partial charge in [0.25, 0.3) is 0 Å². The van der Waals surface area contributed by atoms with Crippen LogP contribution >= 0.6 is 11.6 Å². The number of carbonyl (C=O) groups excluding carboxylic acids is 1. The van der Waals surface area contributed by atoms with Crippen LogP contribution < -0.4 is 4.74 Å². The van der Waals surface area contributed by atoms with E-state index in [0.717, 1.165) is 0 Å². The highest BCUT2D eigenvalue weighted by Crippen LogP contribution is 2.36. The van der Waals surface area contributed by atoms with Crippen LogP contribution in [0.25, 0.3) is 0 Å². The van der Waals surface area contributed by atoms with Gasteiger partial charge in [-0.05, 0) is 18.2 Å². The van der Waals surface area contributed by atoms with Gasteiger partial charge in [-0.25, -0.2) is 0 Å². The van der Waals surface area contributed by atoms with Gasteiger partial charge in [0, 0.05) is 6.07 Å². The Labute approximate surface area is 113 Å². The Hall–Kier alpha value is -2.40. The minimum absolute atomic E-state index is 0.0312. The van der Waals surface area contributed by atoms with E-state index in [-0.39, 0.29) is 27.8 Å². The molecule has 0 radical (unpaired) electrons. The van der Waals surface area contributed by atoms with Gasteiger partial charge in [-0.1, -0.05) is 29.8 Å². The predicted molar refractivity (Wildman–Crippen MR) is 70.0 cm³/mol. The summed E-state index contributed by atoms with van der Waals surface area (Å²) in [4.78, 5) is 21.2. The highest BCUT2D eigenvalue weighted by Gasteiger charge is 2.17. The second kappa shape index (κ2) is 5.49. The summed E-state index contributed by atoms with van der Waals surface area (Å²) in [6.45, 7) is 0. The molecule has 0 atom stereocenters. The summed E-state index contributed by atoms with van der Waals surface area (Å²) in [6, 6.07) is 10.5. The maximum Gasteiger partial charge on any atom is 0.311 e. The molecule has 0 N–H and O–H groups in total. The lowest BCUT2D eigenvalue weighted by molar-refractivity contribution is -0.385. The third-order valence-electron chi connectivity index (χ3n) is 2.40. The molecule has 5 nitrogen and oxygen atoms in total. The number of halogens is 1. The number of benzene rings is 2. The third-order valence-corrected chi connectivity index (χ3v) is 2.70. The Kier molecular flexibility index (Phi) is 3.77. The number of nitro groups is 1. The molecule has 19 heavy (non-hydrogen) atoms. The van der Waals surface area contributed by atoms with Gasteiger partial charge in [0.2, 0.25) is 5.75 Å². The number of ether oxygens (including phenoxy) is 1. The summed E-state index contributed by atoms with van der Waals surface area (Å²) in [6.07, 6.45) is 0.579. The number of hydrogen-bond donors (Lipinski definition) is 0. The number of nitrogens with zero attached hydrogens (tertiary/aromatic N) is 1. The predicted octanol–water partition coefficient (Wildman–Crippen LogP) is 3.85. The van der Waals surface area contributed by atoms with E-state index < -0.39 is 4.92 Å². The van der Waals surface area contributed by atoms with Crippen molar-refractivity contribution in [1.29, 1.82) is 0 Å². The highest BCUT2D eigenvalue weighted by molar-refractivity contribution is 6.32. The molecule has 0 amide bonds. The van der Waals surface area contributed by atoms with Gasteiger partial charge in [0.1, 0.15) is 0 Å². The second-order valence-corrected chi connectivity index (χ2v) is 4.01. The van der Waals surface area contributed by atoms with E-state index in [9.17, 15) is 14.9 Å². The molecule has 0 bridgehead atoms. The zero-order chi connectivity index (χ0) is 13.8. The van der Waals surface area contributed by atoms with Gasteiger partial charge >= 0.3 is 5.69 Å². The molecule has 0 aliphatic carbocycles. The Balaban J connectivity index is 2.48. The molecule has 0 aliphatic heterocycles. The molecule has 96 valence electrons. The number of nitro benzene ring substituents is 1. The molecular formula is C13H8ClNO4. The number of aldehydes is 1. The van der Waals surface area contributed by atoms with E-state index in [1.807, 2.05) is 0 Å². The van der Waals surface area contributed by atoms with Crippen molar-refractivity contribution >= 4 is 23.6 Å². The number of para-hydroxylation sites is 3. The fraction of sp³-hybridized carbons (Fsp3) is 0. The molecule has 2 aromatic carbocycles. The fourth-order valence-electron chi connectivity index (χ4n) is 1.53. The standard InChI is InChI=1S/C13H8ClNO4/c14-10-5-3-4-9(8-16)13(10)19-12-7-2-1-6-11(12)15(17)18/h1-8H. The van der Waals surface area contributed by atoms with Crippen molar-refractivity contribution < 1.29 is 14.5 Å². The highest BCUT2D eigenvalue weighted by atomic mass is 35.5. The summed E-state index contributed by atoms with van der Waals surface area (Å²) in [7, 11) is 0. The van der Waals surface area contributed by atoms with E-state index in [1.54, 1.807) is 18.2 Å². The van der Waals surface area contributed by atoms with E-state index in [4.69, 9.17) is 16.3 Å². The zero-order valence-corrected chi connectivity index (χ0v) is 10.3. The number of carbonyl (C=O) groups is 1. The first-order valence-corrected chi connectivity index (χ1v) is 5.66. The van der Waals surface area contributed by atoms with Crippen LogP contribution in [0.15, 0.2) is 42.5 Å². The molecule has 0 aliphatic rings. The van der Waals surface area contributed by atoms with Crippen LogP contribution in [-0.2, 0) is 0 Å². The van der Waals surface area contributed by atoms with Crippen LogP contribution in [0.5, 0.6) is 11.5 Å². The Morgan fingerprint density at radius 1 is 1.16 bits per heavy atom. The van der Waals surface area contributed by atoms with Crippen molar-refractivity contribution in [3.63, 3.8) is 0 Å². The van der Waals surface area contributed by atoms with Crippen LogP contribution in [0.1, 0.15) is 10.4 Å². The average molecular weight is 278 g/mol. The minimum Gasteiger partial charge on any atom is -0.448 e. The summed E-state index contributed by atoms with van der Waals surface area (Å²) < 4.78 is 5.42. The summed E-state index contributed by atoms with van der Waals surface area (Å²) >= 11 is 5.94. The van der Waals surface area contributed by atoms with E-state index in [0.29, 0.717) is 6.29 Å². The molecule has 0 saturated carbocycles. The first kappa shape index (κ1) is 13.0. The molecule has 0 unspecified atom stereocenters. The Bertz CT molecular complexity index is 642. The Morgan fingerprint density at radius 3 is 2.58 bits per heavy atom. The second-order valence-electron chi connectivity index (χ2n) is 3.60. The van der Waals surface area contributed by atoms with Crippen molar-refractivity contribution in [1.82, 2.24) is 0 Å². The van der Waals surface area contributed by atoms with Crippen molar-refractivity contribution in [3.05, 3.63) is 63.2 Å². The van der Waals surface area contributed by atoms with Gasteiger partial charge in [-0.2, -0.15) is 0 Å². The summed E-state index contributed by atoms with van der Waals surface area (Å²) in [5.74, 6) is 0.136. The minimum atomic E-state index is -0.563. The summed E-state index contributed by atoms with van der Waals surface area (Å²) in [5, 5.41) is 11.1. The molecule has 2 rings (SSSR count). The first-order valence-electron chi connectivity index (χ1n) is 5.28. The normalized spacial score (nSPS) is 9.95. The molecule has 0 saturated heterocycles. The SMILES string of the molecule is O=Cc1cccc(Cl)c1Oc1ccccc1[N+](=O)[O-]. The van der Waals surface area contributed by atoms with Gasteiger partial charge in [0.05, 0.1) is 15.5 Å². The quantitative estimate of drug-likeness (QED) is 0.483. The lowest BCUT2D eigenvalue weighted by Gasteiger charge is -2.09. The van der Waals surface area contributed by atoms with Crippen LogP contribution in [0, 0.1) is 10.1 Å². The molecule has 0 spiro atoms. The van der Waals surface area contributed by atoms with Crippen molar-refractivity contribution in [2.75, 3.05) is 0 Å². The van der Waals surface area contributed by atoms with Crippen LogP contribution in [0.4, 0.5) is 5.69 Å². The Morgan fingerprint density at radius 2 is 1.89 bits per heavy atom. The van der Waals surface area contributed by atoms with Crippen LogP contribution in [0.2, 0.25) is 5.02 Å². The van der Waals surface area contributed by atoms with Crippen molar-refractivity contribution in [2.45, 2.75) is 0 Å². The molecule has 0 aromatic heterocycles. The fourth-order valence-corrected chi connectivity index (χ4v) is 1.75. The number of rotatable bonds is 4. The molecule has 0 fully saturated rings. The van der Waals surface area contributed by atoms with Gasteiger partial charge < -0.3 is 4.74 Å². The lowest BCUT2D eigenvalue weighted by atomic mass is 10.2. The van der Waals surface area contributed by atoms with Crippen LogP contribution in [-0.4, -0.2) is 11.2 Å². The molecule has 0 heterocycles. The maximum atomic E-state index is 10.9. The zero-order valence-electron chi connectivity index (χ0n) is 9.58. The summed E-state index contributed by atoms with van der Waals surface area (Å²) in [5.41, 5.74) is 0.0323. The topological polar surface area (TPSA) is 69.4 Å². The lowest BCUT2D eigenvalue weighted by Crippen LogP contribution is -1.95. The maximum absolute atomic E-state index is 10.9. The average Bonchev–Trinajstić information content (AvgIpc) is 2.41. The first-order chi connectivity index (χ1) is 9.13. The van der Waals surface area contributed by atoms with Crippen molar-refractivity contribution in [3.8, 4) is 11.5 Å². The largest absolute Gasteiger partial charge is 0.448 e. The monoisotopic (exact) mass is 277 g/mol. The molecule has 6 heteroatoms.